The molecule has 214 valence electrons. The monoisotopic (exact) mass is 573 g/mol. The summed E-state index contributed by atoms with van der Waals surface area (Å²) < 4.78 is 89.1. The zero-order valence-corrected chi connectivity index (χ0v) is 21.5. The minimum absolute atomic E-state index is 0.0534. The standard InChI is InChI=1S/C31H25F6NO3/c32-30(33,34)28(39)18-38-26-14-6-13-25(22-10-5-12-24(17-22)41-31(35,36)37)29(26)40-19-27(38)23-11-4-9-21(16-23)15-20-7-2-1-3-8-20/h1-14,16-17,27-28,39H,15,18-19H2. The fourth-order valence-corrected chi connectivity index (χ4v) is 4.94. The summed E-state index contributed by atoms with van der Waals surface area (Å²) in [6.07, 6.45) is -11.8. The van der Waals surface area contributed by atoms with Crippen molar-refractivity contribution >= 4 is 5.69 Å². The fraction of sp³-hybridized carbons (Fsp3) is 0.226. The SMILES string of the molecule is OC(CN1c2cccc(-c3cccc(OC(F)(F)F)c3)c2OCC1c1cccc(Cc2ccccc2)c1)C(F)(F)F. The van der Waals surface area contributed by atoms with Gasteiger partial charge in [0.25, 0.3) is 0 Å². The Kier molecular flexibility index (Phi) is 7.86. The van der Waals surface area contributed by atoms with Gasteiger partial charge in [-0.1, -0.05) is 78.9 Å². The number of benzene rings is 4. The molecule has 0 saturated heterocycles. The summed E-state index contributed by atoms with van der Waals surface area (Å²) in [7, 11) is 0. The number of ether oxygens (including phenoxy) is 2. The number of β-amino-alcohol motifs (C(OH)–C–C–N with tert-alkyl or cyclic N) is 1. The van der Waals surface area contributed by atoms with E-state index in [2.05, 4.69) is 4.74 Å². The number of rotatable bonds is 7. The molecule has 4 aromatic carbocycles. The van der Waals surface area contributed by atoms with Crippen LogP contribution in [0.15, 0.2) is 97.1 Å². The van der Waals surface area contributed by atoms with Crippen molar-refractivity contribution in [2.45, 2.75) is 31.1 Å². The van der Waals surface area contributed by atoms with Crippen molar-refractivity contribution in [2.24, 2.45) is 0 Å². The molecular formula is C31H25F6NO3. The van der Waals surface area contributed by atoms with Crippen LogP contribution in [-0.4, -0.2) is 36.9 Å². The van der Waals surface area contributed by atoms with Gasteiger partial charge in [0.05, 0.1) is 18.3 Å². The Hall–Kier alpha value is -4.18. The third-order valence-electron chi connectivity index (χ3n) is 6.78. The number of halogens is 6. The molecule has 1 N–H and O–H groups in total. The van der Waals surface area contributed by atoms with E-state index in [1.807, 2.05) is 48.5 Å². The Morgan fingerprint density at radius 3 is 2.27 bits per heavy atom. The first-order valence-corrected chi connectivity index (χ1v) is 12.7. The van der Waals surface area contributed by atoms with Gasteiger partial charge in [0.1, 0.15) is 12.4 Å². The molecule has 41 heavy (non-hydrogen) atoms. The molecule has 2 atom stereocenters. The lowest BCUT2D eigenvalue weighted by atomic mass is 9.96. The van der Waals surface area contributed by atoms with E-state index in [9.17, 15) is 31.4 Å². The molecule has 0 saturated carbocycles. The van der Waals surface area contributed by atoms with E-state index < -0.39 is 37.0 Å². The molecule has 0 amide bonds. The highest BCUT2D eigenvalue weighted by molar-refractivity contribution is 5.80. The van der Waals surface area contributed by atoms with Gasteiger partial charge in [-0.05, 0) is 46.9 Å². The van der Waals surface area contributed by atoms with Crippen LogP contribution in [0.5, 0.6) is 11.5 Å². The smallest absolute Gasteiger partial charge is 0.488 e. The number of alkyl halides is 6. The Morgan fingerprint density at radius 1 is 0.829 bits per heavy atom. The zero-order chi connectivity index (χ0) is 29.2. The van der Waals surface area contributed by atoms with E-state index in [1.54, 1.807) is 30.3 Å². The lowest BCUT2D eigenvalue weighted by Crippen LogP contribution is -2.46. The van der Waals surface area contributed by atoms with Gasteiger partial charge in [0.2, 0.25) is 0 Å². The molecule has 0 aliphatic carbocycles. The Bertz CT molecular complexity index is 1490. The molecule has 0 spiro atoms. The largest absolute Gasteiger partial charge is 0.573 e. The van der Waals surface area contributed by atoms with Crippen LogP contribution in [0, 0.1) is 0 Å². The first-order valence-electron chi connectivity index (χ1n) is 12.7. The molecule has 0 bridgehead atoms. The van der Waals surface area contributed by atoms with Gasteiger partial charge in [0.15, 0.2) is 11.9 Å². The van der Waals surface area contributed by atoms with Crippen molar-refractivity contribution in [3.63, 3.8) is 0 Å². The number of anilines is 1. The predicted molar refractivity (Wildman–Crippen MR) is 142 cm³/mol. The Labute approximate surface area is 232 Å². The van der Waals surface area contributed by atoms with Crippen molar-refractivity contribution in [1.29, 1.82) is 0 Å². The van der Waals surface area contributed by atoms with Crippen molar-refractivity contribution < 1.29 is 40.9 Å². The number of nitrogens with zero attached hydrogens (tertiary/aromatic N) is 1. The maximum Gasteiger partial charge on any atom is 0.573 e. The molecule has 1 heterocycles. The molecule has 2 unspecified atom stereocenters. The molecule has 0 fully saturated rings. The van der Waals surface area contributed by atoms with Crippen LogP contribution in [-0.2, 0) is 6.42 Å². The molecule has 0 aromatic heterocycles. The van der Waals surface area contributed by atoms with Gasteiger partial charge in [-0.15, -0.1) is 13.2 Å². The third kappa shape index (κ3) is 6.77. The average molecular weight is 574 g/mol. The van der Waals surface area contributed by atoms with Gasteiger partial charge < -0.3 is 19.5 Å². The van der Waals surface area contributed by atoms with Gasteiger partial charge >= 0.3 is 12.5 Å². The summed E-state index contributed by atoms with van der Waals surface area (Å²) in [5.41, 5.74) is 3.69. The number of aliphatic hydroxyl groups excluding tert-OH is 1. The van der Waals surface area contributed by atoms with Crippen molar-refractivity contribution in [2.75, 3.05) is 18.1 Å². The first-order chi connectivity index (χ1) is 19.5. The van der Waals surface area contributed by atoms with Crippen LogP contribution < -0.4 is 14.4 Å². The van der Waals surface area contributed by atoms with Gasteiger partial charge in [-0.3, -0.25) is 0 Å². The van der Waals surface area contributed by atoms with Gasteiger partial charge in [-0.25, -0.2) is 0 Å². The molecule has 4 aromatic rings. The Balaban J connectivity index is 1.53. The minimum atomic E-state index is -4.89. The third-order valence-corrected chi connectivity index (χ3v) is 6.78. The number of fused-ring (bicyclic) bond motifs is 1. The second-order valence-corrected chi connectivity index (χ2v) is 9.67. The molecule has 4 nitrogen and oxygen atoms in total. The molecule has 5 rings (SSSR count). The Morgan fingerprint density at radius 2 is 1.54 bits per heavy atom. The van der Waals surface area contributed by atoms with E-state index in [0.717, 1.165) is 17.2 Å². The normalized spacial score (nSPS) is 16.1. The number of hydrogen-bond donors (Lipinski definition) is 1. The lowest BCUT2D eigenvalue weighted by Gasteiger charge is -2.41. The molecule has 10 heteroatoms. The zero-order valence-electron chi connectivity index (χ0n) is 21.5. The van der Waals surface area contributed by atoms with Crippen LogP contribution in [0.1, 0.15) is 22.7 Å². The van der Waals surface area contributed by atoms with Crippen LogP contribution >= 0.6 is 0 Å². The fourth-order valence-electron chi connectivity index (χ4n) is 4.94. The minimum Gasteiger partial charge on any atom is -0.488 e. The van der Waals surface area contributed by atoms with Crippen LogP contribution in [0.4, 0.5) is 32.0 Å². The molecule has 1 aliphatic rings. The quantitative estimate of drug-likeness (QED) is 0.230. The highest BCUT2D eigenvalue weighted by Crippen LogP contribution is 2.46. The van der Waals surface area contributed by atoms with Crippen molar-refractivity contribution in [3.8, 4) is 22.6 Å². The number of hydrogen-bond acceptors (Lipinski definition) is 4. The van der Waals surface area contributed by atoms with Crippen LogP contribution in [0.3, 0.4) is 0 Å². The predicted octanol–water partition coefficient (Wildman–Crippen LogP) is 7.71. The molecular weight excluding hydrogens is 548 g/mol. The maximum absolute atomic E-state index is 13.5. The van der Waals surface area contributed by atoms with Crippen molar-refractivity contribution in [3.05, 3.63) is 114 Å². The topological polar surface area (TPSA) is 41.9 Å². The lowest BCUT2D eigenvalue weighted by molar-refractivity contribution is -0.274. The summed E-state index contributed by atoms with van der Waals surface area (Å²) in [4.78, 5) is 1.44. The maximum atomic E-state index is 13.5. The molecule has 0 radical (unpaired) electrons. The number of para-hydroxylation sites is 1. The van der Waals surface area contributed by atoms with E-state index in [0.29, 0.717) is 23.1 Å². The summed E-state index contributed by atoms with van der Waals surface area (Å²) in [6, 6.07) is 26.5. The number of aliphatic hydroxyl groups is 1. The van der Waals surface area contributed by atoms with Crippen LogP contribution in [0.25, 0.3) is 11.1 Å². The van der Waals surface area contributed by atoms with E-state index in [-0.39, 0.29) is 18.0 Å². The first kappa shape index (κ1) is 28.4. The van der Waals surface area contributed by atoms with Crippen LogP contribution in [0.2, 0.25) is 0 Å². The van der Waals surface area contributed by atoms with Crippen molar-refractivity contribution in [1.82, 2.24) is 0 Å². The van der Waals surface area contributed by atoms with Gasteiger partial charge in [0, 0.05) is 5.56 Å². The summed E-state index contributed by atoms with van der Waals surface area (Å²) in [6.45, 7) is -0.823. The second-order valence-electron chi connectivity index (χ2n) is 9.67. The second kappa shape index (κ2) is 11.4. The molecule has 1 aliphatic heterocycles. The summed E-state index contributed by atoms with van der Waals surface area (Å²) in [5.74, 6) is -0.247. The highest BCUT2D eigenvalue weighted by atomic mass is 19.4. The summed E-state index contributed by atoms with van der Waals surface area (Å²) >= 11 is 0. The summed E-state index contributed by atoms with van der Waals surface area (Å²) in [5, 5.41) is 10.1. The van der Waals surface area contributed by atoms with E-state index >= 15 is 0 Å². The van der Waals surface area contributed by atoms with E-state index in [1.165, 1.54) is 17.0 Å². The van der Waals surface area contributed by atoms with E-state index in [4.69, 9.17) is 4.74 Å². The van der Waals surface area contributed by atoms with Gasteiger partial charge in [-0.2, -0.15) is 13.2 Å². The highest BCUT2D eigenvalue weighted by Gasteiger charge is 2.42. The average Bonchev–Trinajstić information content (AvgIpc) is 2.92.